The van der Waals surface area contributed by atoms with Gasteiger partial charge in [0.15, 0.2) is 0 Å². The van der Waals surface area contributed by atoms with E-state index in [-0.39, 0.29) is 12.9 Å². The minimum atomic E-state index is 0.0881. The molecule has 3 nitrogen and oxygen atoms in total. The van der Waals surface area contributed by atoms with Crippen LogP contribution in [0.3, 0.4) is 0 Å². The summed E-state index contributed by atoms with van der Waals surface area (Å²) in [7, 11) is 0. The molecule has 0 aromatic carbocycles. The third-order valence-corrected chi connectivity index (χ3v) is 1.71. The van der Waals surface area contributed by atoms with Gasteiger partial charge in [-0.15, -0.1) is 0 Å². The van der Waals surface area contributed by atoms with Crippen molar-refractivity contribution in [2.45, 2.75) is 6.17 Å². The molecule has 0 saturated carbocycles. The van der Waals surface area contributed by atoms with Crippen LogP contribution in [0.5, 0.6) is 0 Å². The van der Waals surface area contributed by atoms with Gasteiger partial charge in [0.2, 0.25) is 0 Å². The van der Waals surface area contributed by atoms with E-state index >= 15 is 0 Å². The van der Waals surface area contributed by atoms with Crippen molar-refractivity contribution in [2.24, 2.45) is 0 Å². The van der Waals surface area contributed by atoms with Crippen molar-refractivity contribution in [3.8, 4) is 0 Å². The summed E-state index contributed by atoms with van der Waals surface area (Å²) in [4.78, 5) is 1.87. The molecule has 0 aromatic heterocycles. The van der Waals surface area contributed by atoms with E-state index in [4.69, 9.17) is 17.3 Å². The molecule has 0 aromatic rings. The molecule has 0 amide bonds. The van der Waals surface area contributed by atoms with E-state index in [1.807, 2.05) is 4.90 Å². The Balaban J connectivity index is 2.41. The molecule has 4 heteroatoms. The van der Waals surface area contributed by atoms with Gasteiger partial charge in [-0.25, -0.2) is 0 Å². The highest BCUT2D eigenvalue weighted by Crippen LogP contribution is 1.97. The SMILES string of the molecule is OCN1CCNC1C=S. The fourth-order valence-electron chi connectivity index (χ4n) is 0.917. The molecule has 1 atom stereocenters. The second-order valence-corrected chi connectivity index (χ2v) is 2.26. The van der Waals surface area contributed by atoms with Crippen molar-refractivity contribution in [2.75, 3.05) is 19.8 Å². The Kier molecular flexibility index (Phi) is 2.53. The van der Waals surface area contributed by atoms with Gasteiger partial charge in [-0.05, 0) is 0 Å². The van der Waals surface area contributed by atoms with Crippen LogP contribution in [0.2, 0.25) is 0 Å². The first kappa shape index (κ1) is 7.08. The summed E-state index contributed by atoms with van der Waals surface area (Å²) in [6, 6.07) is 0. The Hall–Kier alpha value is -0.0300. The highest BCUT2D eigenvalue weighted by atomic mass is 32.1. The molecule has 1 aliphatic heterocycles. The van der Waals surface area contributed by atoms with Gasteiger partial charge in [0.05, 0.1) is 12.9 Å². The summed E-state index contributed by atoms with van der Waals surface area (Å²) >= 11 is 4.71. The molecular formula is C5H10N2OS. The molecule has 1 aliphatic rings. The number of aliphatic hydroxyl groups excluding tert-OH is 1. The van der Waals surface area contributed by atoms with Crippen molar-refractivity contribution in [1.82, 2.24) is 10.2 Å². The molecule has 0 aliphatic carbocycles. The highest BCUT2D eigenvalue weighted by molar-refractivity contribution is 7.79. The average Bonchev–Trinajstić information content (AvgIpc) is 2.33. The zero-order valence-corrected chi connectivity index (χ0v) is 5.90. The van der Waals surface area contributed by atoms with Crippen molar-refractivity contribution >= 4 is 17.6 Å². The number of nitrogens with one attached hydrogen (secondary N) is 1. The Labute approximate surface area is 59.7 Å². The molecule has 1 heterocycles. The van der Waals surface area contributed by atoms with Crippen LogP contribution in [0.25, 0.3) is 0 Å². The largest absolute Gasteiger partial charge is 0.381 e. The van der Waals surface area contributed by atoms with Crippen LogP contribution in [0.15, 0.2) is 0 Å². The Morgan fingerprint density at radius 1 is 1.89 bits per heavy atom. The quantitative estimate of drug-likeness (QED) is 0.498. The van der Waals surface area contributed by atoms with Gasteiger partial charge in [-0.3, -0.25) is 10.2 Å². The number of hydrogen-bond acceptors (Lipinski definition) is 4. The standard InChI is InChI=1S/C5H10N2OS/c8-4-7-2-1-6-5(7)3-9/h3,5-6,8H,1-2,4H2. The second-order valence-electron chi connectivity index (χ2n) is 1.99. The van der Waals surface area contributed by atoms with Crippen LogP contribution in [0.4, 0.5) is 0 Å². The molecule has 52 valence electrons. The lowest BCUT2D eigenvalue weighted by Crippen LogP contribution is -2.36. The number of nitrogens with zero attached hydrogens (tertiary/aromatic N) is 1. The Bertz CT molecular complexity index is 109. The highest BCUT2D eigenvalue weighted by Gasteiger charge is 2.19. The number of aliphatic hydroxyl groups is 1. The number of rotatable bonds is 2. The first-order valence-electron chi connectivity index (χ1n) is 2.92. The van der Waals surface area contributed by atoms with E-state index < -0.39 is 0 Å². The fraction of sp³-hybridized carbons (Fsp3) is 0.800. The predicted octanol–water partition coefficient (Wildman–Crippen LogP) is -0.833. The van der Waals surface area contributed by atoms with Gasteiger partial charge >= 0.3 is 0 Å². The maximum Gasteiger partial charge on any atom is 0.0971 e. The van der Waals surface area contributed by atoms with E-state index in [1.54, 1.807) is 5.37 Å². The molecule has 9 heavy (non-hydrogen) atoms. The zero-order valence-electron chi connectivity index (χ0n) is 5.08. The van der Waals surface area contributed by atoms with Crippen LogP contribution >= 0.6 is 12.2 Å². The van der Waals surface area contributed by atoms with E-state index in [9.17, 15) is 0 Å². The van der Waals surface area contributed by atoms with E-state index in [0.717, 1.165) is 13.1 Å². The van der Waals surface area contributed by atoms with Gasteiger partial charge in [-0.1, -0.05) is 12.2 Å². The number of hydrogen-bond donors (Lipinski definition) is 2. The van der Waals surface area contributed by atoms with Crippen LogP contribution < -0.4 is 5.32 Å². The monoisotopic (exact) mass is 146 g/mol. The van der Waals surface area contributed by atoms with Crippen LogP contribution in [-0.2, 0) is 0 Å². The smallest absolute Gasteiger partial charge is 0.0971 e. The summed E-state index contributed by atoms with van der Waals surface area (Å²) in [5.74, 6) is 0. The first-order chi connectivity index (χ1) is 4.38. The molecule has 1 rings (SSSR count). The summed E-state index contributed by atoms with van der Waals surface area (Å²) < 4.78 is 0. The van der Waals surface area contributed by atoms with Gasteiger partial charge in [-0.2, -0.15) is 0 Å². The van der Waals surface area contributed by atoms with Crippen molar-refractivity contribution in [1.29, 1.82) is 0 Å². The number of thiocarbonyl (C=S) groups is 1. The Morgan fingerprint density at radius 2 is 2.67 bits per heavy atom. The van der Waals surface area contributed by atoms with E-state index in [1.165, 1.54) is 0 Å². The lowest BCUT2D eigenvalue weighted by Gasteiger charge is -2.15. The summed E-state index contributed by atoms with van der Waals surface area (Å²) in [5.41, 5.74) is 0. The van der Waals surface area contributed by atoms with Crippen molar-refractivity contribution in [3.63, 3.8) is 0 Å². The summed E-state index contributed by atoms with van der Waals surface area (Å²) in [6.07, 6.45) is 0.102. The average molecular weight is 146 g/mol. The van der Waals surface area contributed by atoms with Gasteiger partial charge in [0.25, 0.3) is 0 Å². The van der Waals surface area contributed by atoms with E-state index in [0.29, 0.717) is 0 Å². The minimum absolute atomic E-state index is 0.0881. The van der Waals surface area contributed by atoms with Crippen molar-refractivity contribution < 1.29 is 5.11 Å². The predicted molar refractivity (Wildman–Crippen MR) is 39.2 cm³/mol. The molecule has 0 radical (unpaired) electrons. The molecular weight excluding hydrogens is 136 g/mol. The zero-order chi connectivity index (χ0) is 6.69. The fourth-order valence-corrected chi connectivity index (χ4v) is 1.19. The molecule has 1 fully saturated rings. The third kappa shape index (κ3) is 1.46. The summed E-state index contributed by atoms with van der Waals surface area (Å²) in [5, 5.41) is 13.4. The van der Waals surface area contributed by atoms with Crippen molar-refractivity contribution in [3.05, 3.63) is 0 Å². The van der Waals surface area contributed by atoms with Gasteiger partial charge in [0.1, 0.15) is 0 Å². The van der Waals surface area contributed by atoms with Gasteiger partial charge in [0, 0.05) is 18.5 Å². The van der Waals surface area contributed by atoms with Crippen LogP contribution in [0.1, 0.15) is 0 Å². The summed E-state index contributed by atoms with van der Waals surface area (Å²) in [6.45, 7) is 1.89. The lowest BCUT2D eigenvalue weighted by molar-refractivity contribution is 0.116. The molecule has 0 bridgehead atoms. The topological polar surface area (TPSA) is 35.5 Å². The minimum Gasteiger partial charge on any atom is -0.381 e. The molecule has 0 spiro atoms. The maximum atomic E-state index is 8.69. The first-order valence-corrected chi connectivity index (χ1v) is 3.39. The van der Waals surface area contributed by atoms with Crippen LogP contribution in [-0.4, -0.2) is 41.4 Å². The molecule has 1 unspecified atom stereocenters. The molecule has 1 saturated heterocycles. The third-order valence-electron chi connectivity index (χ3n) is 1.46. The lowest BCUT2D eigenvalue weighted by atomic mass is 10.5. The van der Waals surface area contributed by atoms with Crippen LogP contribution in [0, 0.1) is 0 Å². The van der Waals surface area contributed by atoms with Gasteiger partial charge < -0.3 is 5.11 Å². The normalized spacial score (nSPS) is 28.8. The molecule has 2 N–H and O–H groups in total. The Morgan fingerprint density at radius 3 is 3.11 bits per heavy atom. The second kappa shape index (κ2) is 3.22. The maximum absolute atomic E-state index is 8.69. The van der Waals surface area contributed by atoms with E-state index in [2.05, 4.69) is 5.32 Å².